The van der Waals surface area contributed by atoms with Crippen LogP contribution in [-0.4, -0.2) is 11.4 Å². The van der Waals surface area contributed by atoms with Gasteiger partial charge in [0.2, 0.25) is 0 Å². The Morgan fingerprint density at radius 3 is 2.35 bits per heavy atom. The van der Waals surface area contributed by atoms with Crippen LogP contribution in [0.25, 0.3) is 0 Å². The normalized spacial score (nSPS) is 15.4. The molecule has 0 saturated carbocycles. The monoisotopic (exact) mass is 250 g/mol. The summed E-state index contributed by atoms with van der Waals surface area (Å²) in [4.78, 5) is 0. The van der Waals surface area contributed by atoms with E-state index in [9.17, 15) is 4.39 Å². The van der Waals surface area contributed by atoms with Crippen molar-refractivity contribution in [2.75, 3.05) is 0 Å². The van der Waals surface area contributed by atoms with E-state index in [1.807, 2.05) is 0 Å². The zero-order valence-electron chi connectivity index (χ0n) is 8.63. The number of ether oxygens (including phenoxy) is 1. The van der Waals surface area contributed by atoms with E-state index in [2.05, 4.69) is 0 Å². The molecule has 1 aromatic carbocycles. The van der Waals surface area contributed by atoms with Gasteiger partial charge in [-0.05, 0) is 36.4 Å². The lowest BCUT2D eigenvalue weighted by Gasteiger charge is -2.13. The van der Waals surface area contributed by atoms with Gasteiger partial charge in [0.15, 0.2) is 0 Å². The third-order valence-corrected chi connectivity index (χ3v) is 2.52. The van der Waals surface area contributed by atoms with Crippen LogP contribution in [0.4, 0.5) is 4.39 Å². The summed E-state index contributed by atoms with van der Waals surface area (Å²) in [5.74, 6) is 0.343. The number of hydrogen-bond donors (Lipinski definition) is 2. The highest BCUT2D eigenvalue weighted by Crippen LogP contribution is 2.22. The van der Waals surface area contributed by atoms with Crippen LogP contribution in [0.1, 0.15) is 0 Å². The summed E-state index contributed by atoms with van der Waals surface area (Å²) in [5.41, 5.74) is -0.0623. The number of halogens is 2. The summed E-state index contributed by atoms with van der Waals surface area (Å²) in [6.45, 7) is 0. The highest BCUT2D eigenvalue weighted by molar-refractivity contribution is 6.62. The third-order valence-electron chi connectivity index (χ3n) is 2.15. The third kappa shape index (κ3) is 2.42. The Kier molecular flexibility index (Phi) is 3.06. The summed E-state index contributed by atoms with van der Waals surface area (Å²) in [5, 5.41) is 15.0. The van der Waals surface area contributed by atoms with Crippen molar-refractivity contribution in [1.29, 1.82) is 10.8 Å². The lowest BCUT2D eigenvalue weighted by molar-refractivity contribution is 0.442. The molecule has 0 radical (unpaired) electrons. The average molecular weight is 251 g/mol. The lowest BCUT2D eigenvalue weighted by atomic mass is 10.1. The van der Waals surface area contributed by atoms with Crippen LogP contribution in [0.15, 0.2) is 47.2 Å². The molecule has 5 heteroatoms. The summed E-state index contributed by atoms with van der Waals surface area (Å²) in [6, 6.07) is 5.46. The van der Waals surface area contributed by atoms with Gasteiger partial charge >= 0.3 is 0 Å². The van der Waals surface area contributed by atoms with E-state index >= 15 is 0 Å². The maximum Gasteiger partial charge on any atom is 0.148 e. The first-order chi connectivity index (χ1) is 8.08. The topological polar surface area (TPSA) is 56.9 Å². The smallest absolute Gasteiger partial charge is 0.148 e. The van der Waals surface area contributed by atoms with Gasteiger partial charge < -0.3 is 4.74 Å². The molecule has 0 atom stereocenters. The Labute approximate surface area is 102 Å². The Morgan fingerprint density at radius 2 is 1.71 bits per heavy atom. The minimum absolute atomic E-state index is 0.0291. The summed E-state index contributed by atoms with van der Waals surface area (Å²) in [7, 11) is 0. The van der Waals surface area contributed by atoms with Gasteiger partial charge in [0.1, 0.15) is 28.1 Å². The molecular weight excluding hydrogens is 243 g/mol. The van der Waals surface area contributed by atoms with Gasteiger partial charge in [-0.3, -0.25) is 10.8 Å². The van der Waals surface area contributed by atoms with Crippen molar-refractivity contribution in [3.8, 4) is 5.75 Å². The minimum Gasteiger partial charge on any atom is -0.456 e. The van der Waals surface area contributed by atoms with E-state index in [0.717, 1.165) is 0 Å². The van der Waals surface area contributed by atoms with Crippen LogP contribution >= 0.6 is 11.6 Å². The standard InChI is InChI=1S/C12H8ClFN2O/c13-11-10(6-5-9(15)12(11)16)17-8-3-1-7(14)2-4-8/h1-6,15-16H. The van der Waals surface area contributed by atoms with Crippen molar-refractivity contribution in [1.82, 2.24) is 0 Å². The molecule has 86 valence electrons. The van der Waals surface area contributed by atoms with E-state index in [0.29, 0.717) is 5.75 Å². The maximum atomic E-state index is 12.7. The summed E-state index contributed by atoms with van der Waals surface area (Å²) >= 11 is 5.87. The fourth-order valence-corrected chi connectivity index (χ4v) is 1.47. The van der Waals surface area contributed by atoms with Gasteiger partial charge in [-0.25, -0.2) is 4.39 Å². The molecule has 17 heavy (non-hydrogen) atoms. The molecule has 3 nitrogen and oxygen atoms in total. The first kappa shape index (κ1) is 11.5. The fraction of sp³-hybridized carbons (Fsp3) is 0. The van der Waals surface area contributed by atoms with Gasteiger partial charge in [-0.2, -0.15) is 0 Å². The summed E-state index contributed by atoms with van der Waals surface area (Å²) in [6.07, 6.45) is 2.93. The molecular formula is C12H8ClFN2O. The SMILES string of the molecule is N=C1C=CC(Oc2ccc(F)cc2)=C(Cl)C1=N. The highest BCUT2D eigenvalue weighted by Gasteiger charge is 2.17. The van der Waals surface area contributed by atoms with Crippen molar-refractivity contribution in [2.45, 2.75) is 0 Å². The molecule has 0 bridgehead atoms. The molecule has 0 unspecified atom stereocenters. The van der Waals surface area contributed by atoms with Gasteiger partial charge in [0, 0.05) is 0 Å². The van der Waals surface area contributed by atoms with Gasteiger partial charge in [-0.1, -0.05) is 11.6 Å². The summed E-state index contributed by atoms with van der Waals surface area (Å²) < 4.78 is 18.1. The second-order valence-corrected chi connectivity index (χ2v) is 3.73. The largest absolute Gasteiger partial charge is 0.456 e. The van der Waals surface area contributed by atoms with Crippen molar-refractivity contribution in [2.24, 2.45) is 0 Å². The zero-order valence-corrected chi connectivity index (χ0v) is 9.38. The molecule has 0 amide bonds. The number of nitrogens with one attached hydrogen (secondary N) is 2. The lowest BCUT2D eigenvalue weighted by Crippen LogP contribution is -2.16. The quantitative estimate of drug-likeness (QED) is 0.778. The predicted octanol–water partition coefficient (Wildman–Crippen LogP) is 3.26. The minimum atomic E-state index is -0.355. The molecule has 0 saturated heterocycles. The van der Waals surface area contributed by atoms with Crippen molar-refractivity contribution in [3.05, 3.63) is 53.0 Å². The van der Waals surface area contributed by atoms with Crippen LogP contribution in [0.2, 0.25) is 0 Å². The van der Waals surface area contributed by atoms with Crippen LogP contribution in [-0.2, 0) is 0 Å². The Bertz CT molecular complexity index is 546. The van der Waals surface area contributed by atoms with Crippen molar-refractivity contribution < 1.29 is 9.13 Å². The maximum absolute atomic E-state index is 12.7. The Morgan fingerprint density at radius 1 is 1.06 bits per heavy atom. The van der Waals surface area contributed by atoms with E-state index < -0.39 is 0 Å². The van der Waals surface area contributed by atoms with Gasteiger partial charge in [-0.15, -0.1) is 0 Å². The van der Waals surface area contributed by atoms with Crippen LogP contribution < -0.4 is 4.74 Å². The second-order valence-electron chi connectivity index (χ2n) is 3.36. The molecule has 0 aromatic heterocycles. The van der Waals surface area contributed by atoms with Crippen LogP contribution in [0, 0.1) is 16.6 Å². The number of benzene rings is 1. The average Bonchev–Trinajstić information content (AvgIpc) is 2.33. The first-order valence-corrected chi connectivity index (χ1v) is 5.15. The van der Waals surface area contributed by atoms with Crippen molar-refractivity contribution in [3.63, 3.8) is 0 Å². The molecule has 1 aliphatic rings. The molecule has 0 heterocycles. The fourth-order valence-electron chi connectivity index (χ4n) is 1.27. The highest BCUT2D eigenvalue weighted by atomic mass is 35.5. The molecule has 0 aliphatic heterocycles. The Balaban J connectivity index is 2.25. The predicted molar refractivity (Wildman–Crippen MR) is 64.5 cm³/mol. The second kappa shape index (κ2) is 4.51. The van der Waals surface area contributed by atoms with Crippen molar-refractivity contribution >= 4 is 23.0 Å². The van der Waals surface area contributed by atoms with Crippen LogP contribution in [0.5, 0.6) is 5.75 Å². The number of hydrogen-bond acceptors (Lipinski definition) is 3. The van der Waals surface area contributed by atoms with Crippen LogP contribution in [0.3, 0.4) is 0 Å². The Hall–Kier alpha value is -1.94. The van der Waals surface area contributed by atoms with Gasteiger partial charge in [0.25, 0.3) is 0 Å². The molecule has 1 aliphatic carbocycles. The van der Waals surface area contributed by atoms with Gasteiger partial charge in [0.05, 0.1) is 5.71 Å². The molecule has 0 fully saturated rings. The molecule has 0 spiro atoms. The zero-order chi connectivity index (χ0) is 12.4. The molecule has 1 aromatic rings. The van der Waals surface area contributed by atoms with E-state index in [1.165, 1.54) is 36.4 Å². The molecule has 2 N–H and O–H groups in total. The molecule has 2 rings (SSSR count). The number of rotatable bonds is 2. The van der Waals surface area contributed by atoms with E-state index in [-0.39, 0.29) is 28.0 Å². The number of allylic oxidation sites excluding steroid dienone is 3. The first-order valence-electron chi connectivity index (χ1n) is 4.77. The van der Waals surface area contributed by atoms with E-state index in [1.54, 1.807) is 0 Å². The van der Waals surface area contributed by atoms with E-state index in [4.69, 9.17) is 27.2 Å².